The van der Waals surface area contributed by atoms with Crippen molar-refractivity contribution in [3.05, 3.63) is 303 Å². The predicted molar refractivity (Wildman–Crippen MR) is 323 cm³/mol. The molecular formula is C74H50N4. The van der Waals surface area contributed by atoms with Gasteiger partial charge in [0.2, 0.25) is 0 Å². The van der Waals surface area contributed by atoms with E-state index in [0.717, 1.165) is 135 Å². The van der Waals surface area contributed by atoms with Gasteiger partial charge in [-0.15, -0.1) is 0 Å². The molecule has 78 heavy (non-hydrogen) atoms. The summed E-state index contributed by atoms with van der Waals surface area (Å²) in [6, 6.07) is 106. The minimum Gasteiger partial charge on any atom is -0.248 e. The van der Waals surface area contributed by atoms with Gasteiger partial charge in [-0.25, -0.2) is 19.9 Å². The summed E-state index contributed by atoms with van der Waals surface area (Å²) in [7, 11) is 0. The molecule has 0 aliphatic carbocycles. The summed E-state index contributed by atoms with van der Waals surface area (Å²) in [5, 5.41) is 0. The van der Waals surface area contributed by atoms with Crippen LogP contribution in [0.25, 0.3) is 135 Å². The second-order valence-electron chi connectivity index (χ2n) is 19.3. The Kier molecular flexibility index (Phi) is 13.0. The molecule has 4 heterocycles. The molecule has 13 aromatic rings. The minimum absolute atomic E-state index is 0.826. The lowest BCUT2D eigenvalue weighted by atomic mass is 9.89. The SMILES string of the molecule is c1ccc(-c2cc(-c3cccc(-c4cc(-c5ccccc5)nc(-c5c(-c6ccccc6)cc(-c6ccccc6)nc5-c5ccccc5)c4)c3)cc(-c3c(-c4ccccc4)cc(-c4ccccc4)nc3-c3ccccc3)n2)cc1. The Morgan fingerprint density at radius 3 is 0.705 bits per heavy atom. The molecule has 0 aliphatic rings. The zero-order chi connectivity index (χ0) is 52.0. The molecule has 13 rings (SSSR count). The van der Waals surface area contributed by atoms with Crippen molar-refractivity contribution in [3.63, 3.8) is 0 Å². The van der Waals surface area contributed by atoms with Crippen molar-refractivity contribution in [2.75, 3.05) is 0 Å². The van der Waals surface area contributed by atoms with Gasteiger partial charge in [-0.2, -0.15) is 0 Å². The molecule has 4 nitrogen and oxygen atoms in total. The van der Waals surface area contributed by atoms with E-state index in [0.29, 0.717) is 0 Å². The maximum atomic E-state index is 5.58. The van der Waals surface area contributed by atoms with Gasteiger partial charge in [0.25, 0.3) is 0 Å². The summed E-state index contributed by atoms with van der Waals surface area (Å²) < 4.78 is 0. The predicted octanol–water partition coefficient (Wildman–Crippen LogP) is 19.3. The first kappa shape index (κ1) is 47.3. The molecule has 0 saturated heterocycles. The molecule has 4 aromatic heterocycles. The van der Waals surface area contributed by atoms with Gasteiger partial charge in [-0.05, 0) is 87.0 Å². The van der Waals surface area contributed by atoms with Crippen molar-refractivity contribution in [2.45, 2.75) is 0 Å². The van der Waals surface area contributed by atoms with Gasteiger partial charge >= 0.3 is 0 Å². The van der Waals surface area contributed by atoms with Gasteiger partial charge in [0, 0.05) is 44.5 Å². The molecule has 366 valence electrons. The van der Waals surface area contributed by atoms with Crippen molar-refractivity contribution in [1.29, 1.82) is 0 Å². The van der Waals surface area contributed by atoms with Crippen LogP contribution < -0.4 is 0 Å². The highest BCUT2D eigenvalue weighted by Gasteiger charge is 2.24. The molecule has 0 aliphatic heterocycles. The lowest BCUT2D eigenvalue weighted by Crippen LogP contribution is -2.00. The van der Waals surface area contributed by atoms with Crippen molar-refractivity contribution < 1.29 is 0 Å². The van der Waals surface area contributed by atoms with Gasteiger partial charge in [-0.1, -0.05) is 261 Å². The van der Waals surface area contributed by atoms with Crippen LogP contribution in [0.4, 0.5) is 0 Å². The van der Waals surface area contributed by atoms with Crippen LogP contribution in [0.2, 0.25) is 0 Å². The van der Waals surface area contributed by atoms with Crippen molar-refractivity contribution in [3.8, 4) is 135 Å². The standard InChI is InChI=1S/C74H50N4/c1-9-26-51(27-10-1)63-49-67(55-34-17-5-18-35-55)77-73(57-38-21-7-22-39-57)71(63)69-47-61(45-65(75-69)53-30-13-3-14-31-53)59-42-25-43-60(44-59)62-46-66(54-32-15-4-16-33-54)76-70(48-62)72-64(52-28-11-2-12-29-52)50-68(56-36-19-6-20-37-56)78-74(72)58-40-23-8-24-41-58/h1-50H. The average Bonchev–Trinajstić information content (AvgIpc) is 3.59. The van der Waals surface area contributed by atoms with E-state index in [9.17, 15) is 0 Å². The molecular weight excluding hydrogens is 945 g/mol. The summed E-state index contributed by atoms with van der Waals surface area (Å²) in [4.78, 5) is 22.2. The number of aromatic nitrogens is 4. The van der Waals surface area contributed by atoms with E-state index in [4.69, 9.17) is 19.9 Å². The highest BCUT2D eigenvalue weighted by molar-refractivity contribution is 5.97. The summed E-state index contributed by atoms with van der Waals surface area (Å²) >= 11 is 0. The van der Waals surface area contributed by atoms with Crippen LogP contribution >= 0.6 is 0 Å². The van der Waals surface area contributed by atoms with E-state index in [1.54, 1.807) is 0 Å². The summed E-state index contributed by atoms with van der Waals surface area (Å²) in [5.74, 6) is 0. The van der Waals surface area contributed by atoms with Crippen LogP contribution in [0.5, 0.6) is 0 Å². The van der Waals surface area contributed by atoms with E-state index >= 15 is 0 Å². The lowest BCUT2D eigenvalue weighted by molar-refractivity contribution is 1.28. The van der Waals surface area contributed by atoms with Crippen LogP contribution in [0.3, 0.4) is 0 Å². The number of benzene rings is 9. The first-order valence-electron chi connectivity index (χ1n) is 26.4. The Hall–Kier alpha value is -10.4. The minimum atomic E-state index is 0.826. The van der Waals surface area contributed by atoms with Crippen LogP contribution in [-0.4, -0.2) is 19.9 Å². The van der Waals surface area contributed by atoms with Crippen molar-refractivity contribution in [2.24, 2.45) is 0 Å². The normalized spacial score (nSPS) is 11.1. The van der Waals surface area contributed by atoms with E-state index < -0.39 is 0 Å². The van der Waals surface area contributed by atoms with Crippen LogP contribution in [0, 0.1) is 0 Å². The molecule has 0 saturated carbocycles. The molecule has 0 bridgehead atoms. The Bertz CT molecular complexity index is 3800. The van der Waals surface area contributed by atoms with Crippen LogP contribution in [0.1, 0.15) is 0 Å². The fraction of sp³-hybridized carbons (Fsp3) is 0. The van der Waals surface area contributed by atoms with Gasteiger partial charge < -0.3 is 0 Å². The third-order valence-electron chi connectivity index (χ3n) is 14.3. The lowest BCUT2D eigenvalue weighted by Gasteiger charge is -2.19. The molecule has 0 N–H and O–H groups in total. The quantitative estimate of drug-likeness (QED) is 0.122. The summed E-state index contributed by atoms with van der Waals surface area (Å²) in [5.41, 5.74) is 23.4. The van der Waals surface area contributed by atoms with Crippen LogP contribution in [-0.2, 0) is 0 Å². The number of hydrogen-bond donors (Lipinski definition) is 0. The maximum absolute atomic E-state index is 5.58. The highest BCUT2D eigenvalue weighted by Crippen LogP contribution is 2.45. The second-order valence-corrected chi connectivity index (χ2v) is 19.3. The second kappa shape index (κ2) is 21.4. The molecule has 0 spiro atoms. The molecule has 0 atom stereocenters. The fourth-order valence-corrected chi connectivity index (χ4v) is 10.5. The van der Waals surface area contributed by atoms with Gasteiger partial charge in [0.15, 0.2) is 0 Å². The van der Waals surface area contributed by atoms with Crippen LogP contribution in [0.15, 0.2) is 303 Å². The van der Waals surface area contributed by atoms with Gasteiger partial charge in [0.1, 0.15) is 0 Å². The Morgan fingerprint density at radius 2 is 0.397 bits per heavy atom. The Balaban J connectivity index is 1.04. The smallest absolute Gasteiger partial charge is 0.0809 e. The zero-order valence-electron chi connectivity index (χ0n) is 42.7. The van der Waals surface area contributed by atoms with Crippen molar-refractivity contribution >= 4 is 0 Å². The average molecular weight is 995 g/mol. The molecule has 0 radical (unpaired) electrons. The van der Waals surface area contributed by atoms with E-state index in [1.807, 2.05) is 12.1 Å². The number of rotatable bonds is 12. The number of nitrogens with zero attached hydrogens (tertiary/aromatic N) is 4. The molecule has 0 fully saturated rings. The monoisotopic (exact) mass is 994 g/mol. The Labute approximate surface area is 455 Å². The molecule has 4 heteroatoms. The summed E-state index contributed by atoms with van der Waals surface area (Å²) in [6.45, 7) is 0. The molecule has 9 aromatic carbocycles. The highest BCUT2D eigenvalue weighted by atomic mass is 14.8. The first-order valence-corrected chi connectivity index (χ1v) is 26.4. The maximum Gasteiger partial charge on any atom is 0.0809 e. The topological polar surface area (TPSA) is 51.6 Å². The summed E-state index contributed by atoms with van der Waals surface area (Å²) in [6.07, 6.45) is 0. The largest absolute Gasteiger partial charge is 0.248 e. The van der Waals surface area contributed by atoms with E-state index in [-0.39, 0.29) is 0 Å². The number of pyridine rings is 4. The zero-order valence-corrected chi connectivity index (χ0v) is 42.7. The molecule has 0 unspecified atom stereocenters. The fourth-order valence-electron chi connectivity index (χ4n) is 10.5. The van der Waals surface area contributed by atoms with E-state index in [2.05, 4.69) is 291 Å². The third kappa shape index (κ3) is 9.74. The molecule has 0 amide bonds. The van der Waals surface area contributed by atoms with Gasteiger partial charge in [-0.3, -0.25) is 0 Å². The van der Waals surface area contributed by atoms with Crippen molar-refractivity contribution in [1.82, 2.24) is 19.9 Å². The van der Waals surface area contributed by atoms with E-state index in [1.165, 1.54) is 0 Å². The Morgan fingerprint density at radius 1 is 0.154 bits per heavy atom. The van der Waals surface area contributed by atoms with Gasteiger partial charge in [0.05, 0.1) is 45.6 Å². The first-order chi connectivity index (χ1) is 38.7. The number of hydrogen-bond acceptors (Lipinski definition) is 4. The third-order valence-corrected chi connectivity index (χ3v) is 14.3.